The van der Waals surface area contributed by atoms with Gasteiger partial charge in [-0.15, -0.1) is 0 Å². The van der Waals surface area contributed by atoms with E-state index in [1.54, 1.807) is 25.3 Å². The molecule has 0 bridgehead atoms. The summed E-state index contributed by atoms with van der Waals surface area (Å²) >= 11 is 3.43. The molecular weight excluding hydrogens is 348 g/mol. The summed E-state index contributed by atoms with van der Waals surface area (Å²) in [5.74, 6) is 0.632. The van der Waals surface area contributed by atoms with Gasteiger partial charge in [-0.1, -0.05) is 13.8 Å². The lowest BCUT2D eigenvalue weighted by molar-refractivity contribution is 0.0948. The van der Waals surface area contributed by atoms with Crippen LogP contribution in [-0.4, -0.2) is 57.3 Å². The number of carbonyl (C=O) groups excluding carboxylic acids is 1. The van der Waals surface area contributed by atoms with Gasteiger partial charge >= 0.3 is 0 Å². The lowest BCUT2D eigenvalue weighted by Crippen LogP contribution is -2.34. The van der Waals surface area contributed by atoms with Gasteiger partial charge in [-0.3, -0.25) is 4.79 Å². The molecule has 22 heavy (non-hydrogen) atoms. The van der Waals surface area contributed by atoms with Crippen molar-refractivity contribution in [2.45, 2.75) is 13.8 Å². The Morgan fingerprint density at radius 1 is 1.27 bits per heavy atom. The minimum Gasteiger partial charge on any atom is -0.490 e. The molecule has 0 fully saturated rings. The minimum absolute atomic E-state index is 0.0729. The molecule has 0 aliphatic rings. The molecule has 0 saturated heterocycles. The fourth-order valence-electron chi connectivity index (χ4n) is 1.96. The van der Waals surface area contributed by atoms with Gasteiger partial charge in [0.1, 0.15) is 12.4 Å². The molecule has 0 aliphatic carbocycles. The molecule has 1 amide bonds. The van der Waals surface area contributed by atoms with Crippen LogP contribution in [0.5, 0.6) is 5.75 Å². The molecule has 0 heterocycles. The first-order chi connectivity index (χ1) is 10.6. The van der Waals surface area contributed by atoms with Crippen LogP contribution in [0.25, 0.3) is 0 Å². The molecule has 0 aliphatic heterocycles. The average Bonchev–Trinajstić information content (AvgIpc) is 2.53. The van der Waals surface area contributed by atoms with Crippen LogP contribution in [0.15, 0.2) is 22.7 Å². The Morgan fingerprint density at radius 3 is 2.59 bits per heavy atom. The highest BCUT2D eigenvalue weighted by Crippen LogP contribution is 2.25. The van der Waals surface area contributed by atoms with Crippen LogP contribution >= 0.6 is 15.9 Å². The molecule has 1 aromatic rings. The largest absolute Gasteiger partial charge is 0.490 e. The predicted molar refractivity (Wildman–Crippen MR) is 91.6 cm³/mol. The summed E-state index contributed by atoms with van der Waals surface area (Å²) < 4.78 is 11.2. The number of halogens is 1. The minimum atomic E-state index is -0.0729. The van der Waals surface area contributed by atoms with Gasteiger partial charge in [0.05, 0.1) is 11.1 Å². The predicted octanol–water partition coefficient (Wildman–Crippen LogP) is 2.55. The van der Waals surface area contributed by atoms with E-state index in [-0.39, 0.29) is 5.91 Å². The maximum Gasteiger partial charge on any atom is 0.251 e. The van der Waals surface area contributed by atoms with Gasteiger partial charge in [-0.25, -0.2) is 0 Å². The van der Waals surface area contributed by atoms with Crippen LogP contribution in [0.3, 0.4) is 0 Å². The van der Waals surface area contributed by atoms with Gasteiger partial charge in [0, 0.05) is 25.8 Å². The zero-order valence-corrected chi connectivity index (χ0v) is 15.1. The number of rotatable bonds is 10. The number of amides is 1. The Hall–Kier alpha value is -1.11. The summed E-state index contributed by atoms with van der Waals surface area (Å²) in [5, 5.41) is 2.93. The maximum absolute atomic E-state index is 12.1. The van der Waals surface area contributed by atoms with Gasteiger partial charge in [-0.05, 0) is 47.2 Å². The monoisotopic (exact) mass is 372 g/mol. The molecule has 0 spiro atoms. The number of methoxy groups -OCH3 is 1. The van der Waals surface area contributed by atoms with Crippen molar-refractivity contribution >= 4 is 21.8 Å². The number of nitrogens with one attached hydrogen (secondary N) is 1. The third-order valence-electron chi connectivity index (χ3n) is 3.35. The number of likely N-dealkylation sites (N-methyl/N-ethyl adjacent to an activating group) is 1. The summed E-state index contributed by atoms with van der Waals surface area (Å²) in [6.07, 6.45) is 0. The van der Waals surface area contributed by atoms with Crippen molar-refractivity contribution in [2.24, 2.45) is 0 Å². The molecule has 1 N–H and O–H groups in total. The third-order valence-corrected chi connectivity index (χ3v) is 3.97. The van der Waals surface area contributed by atoms with Crippen LogP contribution in [0.1, 0.15) is 24.2 Å². The fraction of sp³-hybridized carbons (Fsp3) is 0.562. The van der Waals surface area contributed by atoms with Gasteiger partial charge in [0.15, 0.2) is 0 Å². The Kier molecular flexibility index (Phi) is 9.11. The molecule has 0 saturated carbocycles. The second-order valence-corrected chi connectivity index (χ2v) is 5.62. The average molecular weight is 373 g/mol. The SMILES string of the molecule is CCN(CC)CCNC(=O)c1ccc(OCCOC)c(Br)c1. The van der Waals surface area contributed by atoms with Crippen LogP contribution in [0.4, 0.5) is 0 Å². The summed E-state index contributed by atoms with van der Waals surface area (Å²) in [6, 6.07) is 5.33. The number of hydrogen-bond acceptors (Lipinski definition) is 4. The number of benzene rings is 1. The van der Waals surface area contributed by atoms with Crippen molar-refractivity contribution in [1.82, 2.24) is 10.2 Å². The highest BCUT2D eigenvalue weighted by molar-refractivity contribution is 9.10. The normalized spacial score (nSPS) is 10.8. The van der Waals surface area contributed by atoms with E-state index in [0.717, 1.165) is 24.1 Å². The topological polar surface area (TPSA) is 50.8 Å². The Balaban J connectivity index is 2.50. The van der Waals surface area contributed by atoms with E-state index in [2.05, 4.69) is 40.0 Å². The molecule has 124 valence electrons. The first-order valence-electron chi connectivity index (χ1n) is 7.54. The highest BCUT2D eigenvalue weighted by atomic mass is 79.9. The van der Waals surface area contributed by atoms with Gasteiger partial charge in [0.25, 0.3) is 5.91 Å². The van der Waals surface area contributed by atoms with Crippen LogP contribution in [0.2, 0.25) is 0 Å². The zero-order chi connectivity index (χ0) is 16.4. The molecule has 0 atom stereocenters. The second-order valence-electron chi connectivity index (χ2n) is 4.77. The van der Waals surface area contributed by atoms with E-state index in [9.17, 15) is 4.79 Å². The Labute approximate surface area is 141 Å². The first-order valence-corrected chi connectivity index (χ1v) is 8.33. The van der Waals surface area contributed by atoms with E-state index in [1.807, 2.05) is 0 Å². The molecular formula is C16H25BrN2O3. The van der Waals surface area contributed by atoms with E-state index in [0.29, 0.717) is 31.1 Å². The van der Waals surface area contributed by atoms with E-state index < -0.39 is 0 Å². The van der Waals surface area contributed by atoms with Crippen LogP contribution in [0, 0.1) is 0 Å². The van der Waals surface area contributed by atoms with Crippen molar-refractivity contribution in [3.63, 3.8) is 0 Å². The van der Waals surface area contributed by atoms with Gasteiger partial charge in [0.2, 0.25) is 0 Å². The fourth-order valence-corrected chi connectivity index (χ4v) is 2.46. The first kappa shape index (κ1) is 18.9. The number of nitrogens with zero attached hydrogens (tertiary/aromatic N) is 1. The molecule has 0 radical (unpaired) electrons. The van der Waals surface area contributed by atoms with Crippen molar-refractivity contribution < 1.29 is 14.3 Å². The van der Waals surface area contributed by atoms with Crippen LogP contribution < -0.4 is 10.1 Å². The van der Waals surface area contributed by atoms with E-state index in [1.165, 1.54) is 0 Å². The second kappa shape index (κ2) is 10.6. The third kappa shape index (κ3) is 6.34. The Morgan fingerprint density at radius 2 is 2.00 bits per heavy atom. The molecule has 0 aromatic heterocycles. The summed E-state index contributed by atoms with van der Waals surface area (Å²) in [7, 11) is 1.63. The lowest BCUT2D eigenvalue weighted by Gasteiger charge is -2.18. The summed E-state index contributed by atoms with van der Waals surface area (Å²) in [5.41, 5.74) is 0.616. The highest BCUT2D eigenvalue weighted by Gasteiger charge is 2.09. The standard InChI is InChI=1S/C16H25BrN2O3/c1-4-19(5-2)9-8-18-16(20)13-6-7-15(14(17)12-13)22-11-10-21-3/h6-7,12H,4-5,8-11H2,1-3H3,(H,18,20). The van der Waals surface area contributed by atoms with E-state index >= 15 is 0 Å². The van der Waals surface area contributed by atoms with E-state index in [4.69, 9.17) is 9.47 Å². The number of carbonyl (C=O) groups is 1. The molecule has 6 heteroatoms. The molecule has 1 aromatic carbocycles. The van der Waals surface area contributed by atoms with Gasteiger partial charge in [-0.2, -0.15) is 0 Å². The molecule has 0 unspecified atom stereocenters. The zero-order valence-electron chi connectivity index (χ0n) is 13.5. The maximum atomic E-state index is 12.1. The van der Waals surface area contributed by atoms with Crippen molar-refractivity contribution in [3.05, 3.63) is 28.2 Å². The summed E-state index contributed by atoms with van der Waals surface area (Å²) in [6.45, 7) is 8.72. The van der Waals surface area contributed by atoms with Crippen molar-refractivity contribution in [3.8, 4) is 5.75 Å². The van der Waals surface area contributed by atoms with Gasteiger partial charge < -0.3 is 19.7 Å². The Bertz CT molecular complexity index is 465. The van der Waals surface area contributed by atoms with Crippen molar-refractivity contribution in [1.29, 1.82) is 0 Å². The summed E-state index contributed by atoms with van der Waals surface area (Å²) in [4.78, 5) is 14.4. The molecule has 5 nitrogen and oxygen atoms in total. The van der Waals surface area contributed by atoms with Crippen LogP contribution in [-0.2, 0) is 4.74 Å². The lowest BCUT2D eigenvalue weighted by atomic mass is 10.2. The quantitative estimate of drug-likeness (QED) is 0.641. The molecule has 1 rings (SSSR count). The number of hydrogen-bond donors (Lipinski definition) is 1. The number of ether oxygens (including phenoxy) is 2. The van der Waals surface area contributed by atoms with Crippen molar-refractivity contribution in [2.75, 3.05) is 46.5 Å². The smallest absolute Gasteiger partial charge is 0.251 e.